The first-order chi connectivity index (χ1) is 6.61. The molecule has 1 aromatic rings. The number of rotatable bonds is 5. The van der Waals surface area contributed by atoms with E-state index >= 15 is 0 Å². The van der Waals surface area contributed by atoms with E-state index in [0.717, 1.165) is 0 Å². The second kappa shape index (κ2) is 4.97. The topological polar surface area (TPSA) is 71.2 Å². The summed E-state index contributed by atoms with van der Waals surface area (Å²) < 4.78 is 28.1. The van der Waals surface area contributed by atoms with Gasteiger partial charge < -0.3 is 10.4 Å². The van der Waals surface area contributed by atoms with E-state index in [9.17, 15) is 8.78 Å². The molecule has 1 unspecified atom stereocenters. The quantitative estimate of drug-likeness (QED) is 0.716. The molecule has 1 rings (SSSR count). The first-order valence-electron chi connectivity index (χ1n) is 4.06. The van der Waals surface area contributed by atoms with Crippen LogP contribution >= 0.6 is 0 Å². The second-order valence-electron chi connectivity index (χ2n) is 2.83. The molecule has 1 atom stereocenters. The van der Waals surface area contributed by atoms with Crippen molar-refractivity contribution in [2.45, 2.75) is 26.0 Å². The van der Waals surface area contributed by atoms with Crippen LogP contribution in [0.4, 0.5) is 8.78 Å². The van der Waals surface area contributed by atoms with Gasteiger partial charge in [-0.05, 0) is 6.92 Å². The van der Waals surface area contributed by atoms with Crippen LogP contribution in [-0.4, -0.2) is 34.5 Å². The van der Waals surface area contributed by atoms with Gasteiger partial charge in [-0.25, -0.2) is 13.4 Å². The summed E-state index contributed by atoms with van der Waals surface area (Å²) in [5, 5.41) is 18.4. The fourth-order valence-electron chi connectivity index (χ4n) is 0.837. The molecule has 0 spiro atoms. The Morgan fingerprint density at radius 3 is 2.71 bits per heavy atom. The van der Waals surface area contributed by atoms with Crippen LogP contribution in [0.15, 0.2) is 4.63 Å². The van der Waals surface area contributed by atoms with Gasteiger partial charge in [0.15, 0.2) is 0 Å². The van der Waals surface area contributed by atoms with E-state index in [1.165, 1.54) is 0 Å². The van der Waals surface area contributed by atoms with Crippen LogP contribution in [0.5, 0.6) is 0 Å². The van der Waals surface area contributed by atoms with Crippen molar-refractivity contribution < 1.29 is 18.5 Å². The number of halogens is 2. The highest BCUT2D eigenvalue weighted by Crippen LogP contribution is 2.01. The third-order valence-electron chi connectivity index (χ3n) is 1.68. The van der Waals surface area contributed by atoms with Crippen LogP contribution in [0.25, 0.3) is 0 Å². The van der Waals surface area contributed by atoms with Crippen molar-refractivity contribution in [1.82, 2.24) is 15.6 Å². The molecule has 14 heavy (non-hydrogen) atoms. The van der Waals surface area contributed by atoms with Gasteiger partial charge in [0.2, 0.25) is 0 Å². The summed E-state index contributed by atoms with van der Waals surface area (Å²) in [5.41, 5.74) is 1.15. The normalized spacial score (nSPS) is 13.5. The van der Waals surface area contributed by atoms with Gasteiger partial charge in [-0.15, -0.1) is 0 Å². The number of aliphatic hydroxyl groups is 1. The molecule has 0 saturated heterocycles. The number of aromatic nitrogens is 2. The minimum atomic E-state index is -2.74. The van der Waals surface area contributed by atoms with Gasteiger partial charge in [-0.1, -0.05) is 10.3 Å². The molecular weight excluding hydrogens is 196 g/mol. The first kappa shape index (κ1) is 11.0. The van der Waals surface area contributed by atoms with Crippen molar-refractivity contribution in [2.24, 2.45) is 0 Å². The van der Waals surface area contributed by atoms with Gasteiger partial charge >= 0.3 is 0 Å². The van der Waals surface area contributed by atoms with Crippen molar-refractivity contribution in [3.8, 4) is 0 Å². The molecule has 0 radical (unpaired) electrons. The van der Waals surface area contributed by atoms with E-state index in [1.807, 2.05) is 0 Å². The molecule has 0 amide bonds. The highest BCUT2D eigenvalue weighted by atomic mass is 19.3. The van der Waals surface area contributed by atoms with Crippen molar-refractivity contribution in [2.75, 3.05) is 6.54 Å². The summed E-state index contributed by atoms with van der Waals surface area (Å²) in [6.45, 7) is 1.75. The average molecular weight is 207 g/mol. The Hall–Kier alpha value is -1.08. The molecule has 2 N–H and O–H groups in total. The van der Waals surface area contributed by atoms with Crippen LogP contribution < -0.4 is 5.32 Å². The summed E-state index contributed by atoms with van der Waals surface area (Å²) in [5.74, 6) is 0. The molecule has 80 valence electrons. The van der Waals surface area contributed by atoms with Gasteiger partial charge in [0.05, 0.1) is 0 Å². The van der Waals surface area contributed by atoms with Crippen molar-refractivity contribution >= 4 is 0 Å². The lowest BCUT2D eigenvalue weighted by Crippen LogP contribution is -2.31. The van der Waals surface area contributed by atoms with Crippen LogP contribution in [0.2, 0.25) is 0 Å². The van der Waals surface area contributed by atoms with Gasteiger partial charge in [0.25, 0.3) is 6.43 Å². The predicted molar refractivity (Wildman–Crippen MR) is 42.8 cm³/mol. The van der Waals surface area contributed by atoms with Crippen LogP contribution in [-0.2, 0) is 6.54 Å². The molecule has 0 aliphatic rings. The molecule has 5 nitrogen and oxygen atoms in total. The largest absolute Gasteiger partial charge is 0.386 e. The Kier molecular flexibility index (Phi) is 3.90. The molecule has 0 fully saturated rings. The van der Waals surface area contributed by atoms with Gasteiger partial charge in [-0.2, -0.15) is 0 Å². The summed E-state index contributed by atoms with van der Waals surface area (Å²) in [6, 6.07) is 0. The Morgan fingerprint density at radius 1 is 1.50 bits per heavy atom. The van der Waals surface area contributed by atoms with Crippen LogP contribution in [0.1, 0.15) is 11.4 Å². The molecule has 1 aromatic heterocycles. The molecule has 0 saturated carbocycles. The third kappa shape index (κ3) is 3.00. The number of hydrogen-bond donors (Lipinski definition) is 2. The molecular formula is C7H11F2N3O2. The summed E-state index contributed by atoms with van der Waals surface area (Å²) in [4.78, 5) is 0. The zero-order valence-corrected chi connectivity index (χ0v) is 7.57. The van der Waals surface area contributed by atoms with Crippen LogP contribution in [0.3, 0.4) is 0 Å². The van der Waals surface area contributed by atoms with Crippen LogP contribution in [0, 0.1) is 6.92 Å². The Bertz CT molecular complexity index is 280. The number of aliphatic hydroxyl groups excluding tert-OH is 1. The van der Waals surface area contributed by atoms with E-state index in [0.29, 0.717) is 11.4 Å². The smallest absolute Gasteiger partial charge is 0.265 e. The minimum absolute atomic E-state index is 0.191. The summed E-state index contributed by atoms with van der Waals surface area (Å²) in [6.07, 6.45) is -4.39. The number of nitrogens with zero attached hydrogens (tertiary/aromatic N) is 2. The number of hydrogen-bond acceptors (Lipinski definition) is 5. The van der Waals surface area contributed by atoms with E-state index in [2.05, 4.69) is 20.3 Å². The summed E-state index contributed by atoms with van der Waals surface area (Å²) in [7, 11) is 0. The van der Waals surface area contributed by atoms with E-state index in [1.54, 1.807) is 6.92 Å². The van der Waals surface area contributed by atoms with Gasteiger partial charge in [0.1, 0.15) is 17.5 Å². The molecule has 0 aromatic carbocycles. The Labute approximate surface area is 79.1 Å². The fraction of sp³-hybridized carbons (Fsp3) is 0.714. The number of nitrogens with one attached hydrogen (secondary N) is 1. The maximum atomic E-state index is 11.8. The summed E-state index contributed by atoms with van der Waals surface area (Å²) >= 11 is 0. The molecule has 0 bridgehead atoms. The van der Waals surface area contributed by atoms with Crippen molar-refractivity contribution in [1.29, 1.82) is 0 Å². The number of alkyl halides is 2. The molecule has 0 aliphatic carbocycles. The van der Waals surface area contributed by atoms with Gasteiger partial charge in [0, 0.05) is 13.1 Å². The highest BCUT2D eigenvalue weighted by molar-refractivity contribution is 5.03. The number of aryl methyl sites for hydroxylation is 1. The van der Waals surface area contributed by atoms with E-state index < -0.39 is 12.5 Å². The Morgan fingerprint density at radius 2 is 2.21 bits per heavy atom. The van der Waals surface area contributed by atoms with E-state index in [-0.39, 0.29) is 13.1 Å². The molecule has 0 aliphatic heterocycles. The lowest BCUT2D eigenvalue weighted by atomic mass is 10.3. The van der Waals surface area contributed by atoms with E-state index in [4.69, 9.17) is 5.11 Å². The highest BCUT2D eigenvalue weighted by Gasteiger charge is 2.16. The predicted octanol–water partition coefficient (Wildman–Crippen LogP) is 0.0936. The second-order valence-corrected chi connectivity index (χ2v) is 2.83. The monoisotopic (exact) mass is 207 g/mol. The minimum Gasteiger partial charge on any atom is -0.386 e. The Balaban J connectivity index is 2.25. The molecule has 1 heterocycles. The standard InChI is InChI=1S/C7H11F2N3O2/c1-4-5(12-14-11-4)2-10-3-6(13)7(8)9/h6-7,10,13H,2-3H2,1H3. The maximum absolute atomic E-state index is 11.8. The molecule has 7 heteroatoms. The maximum Gasteiger partial charge on any atom is 0.265 e. The van der Waals surface area contributed by atoms with Crippen molar-refractivity contribution in [3.05, 3.63) is 11.4 Å². The zero-order valence-electron chi connectivity index (χ0n) is 7.57. The fourth-order valence-corrected chi connectivity index (χ4v) is 0.837. The average Bonchev–Trinajstić information content (AvgIpc) is 2.51. The van der Waals surface area contributed by atoms with Gasteiger partial charge in [-0.3, -0.25) is 0 Å². The SMILES string of the molecule is Cc1nonc1CNCC(O)C(F)F. The first-order valence-corrected chi connectivity index (χ1v) is 4.06. The lowest BCUT2D eigenvalue weighted by molar-refractivity contribution is -0.00347. The van der Waals surface area contributed by atoms with Crippen molar-refractivity contribution in [3.63, 3.8) is 0 Å². The lowest BCUT2D eigenvalue weighted by Gasteiger charge is -2.09. The zero-order chi connectivity index (χ0) is 10.6. The third-order valence-corrected chi connectivity index (χ3v) is 1.68.